The second-order valence-corrected chi connectivity index (χ2v) is 5.09. The van der Waals surface area contributed by atoms with Gasteiger partial charge in [-0.25, -0.2) is 0 Å². The van der Waals surface area contributed by atoms with E-state index in [-0.39, 0.29) is 11.9 Å². The molecule has 7 heteroatoms. The maximum absolute atomic E-state index is 12.2. The summed E-state index contributed by atoms with van der Waals surface area (Å²) in [6.07, 6.45) is 3.34. The van der Waals surface area contributed by atoms with Crippen LogP contribution in [-0.4, -0.2) is 25.5 Å². The minimum absolute atomic E-state index is 0.114. The third kappa shape index (κ3) is 2.70. The number of hydrogen-bond acceptors (Lipinski definition) is 3. The van der Waals surface area contributed by atoms with Crippen LogP contribution in [0.3, 0.4) is 0 Å². The van der Waals surface area contributed by atoms with Crippen LogP contribution in [0.25, 0.3) is 0 Å². The van der Waals surface area contributed by atoms with Gasteiger partial charge in [0.2, 0.25) is 0 Å². The number of carbonyl (C=O) groups excluding carboxylic acids is 1. The maximum Gasteiger partial charge on any atom is 0.271 e. The Morgan fingerprint density at radius 3 is 2.84 bits per heavy atom. The summed E-state index contributed by atoms with van der Waals surface area (Å²) in [5, 5.41) is 11.2. The van der Waals surface area contributed by atoms with Gasteiger partial charge >= 0.3 is 0 Å². The largest absolute Gasteiger partial charge is 0.343 e. The molecule has 2 rings (SSSR count). The molecule has 0 aliphatic heterocycles. The number of aromatic nitrogens is 4. The van der Waals surface area contributed by atoms with Crippen molar-refractivity contribution < 1.29 is 4.79 Å². The van der Waals surface area contributed by atoms with E-state index in [1.54, 1.807) is 24.1 Å². The lowest BCUT2D eigenvalue weighted by molar-refractivity contribution is 0.0928. The fraction of sp³-hybridized carbons (Fsp3) is 0.417. The van der Waals surface area contributed by atoms with E-state index in [2.05, 4.69) is 31.4 Å². The Morgan fingerprint density at radius 1 is 1.53 bits per heavy atom. The molecule has 2 aromatic rings. The summed E-state index contributed by atoms with van der Waals surface area (Å²) >= 11 is 3.32. The molecule has 0 saturated heterocycles. The van der Waals surface area contributed by atoms with Gasteiger partial charge in [0.15, 0.2) is 0 Å². The average molecular weight is 326 g/mol. The van der Waals surface area contributed by atoms with Crippen LogP contribution in [0.2, 0.25) is 0 Å². The van der Waals surface area contributed by atoms with Crippen LogP contribution in [0.1, 0.15) is 36.1 Å². The highest BCUT2D eigenvalue weighted by Gasteiger charge is 2.19. The summed E-state index contributed by atoms with van der Waals surface area (Å²) in [6, 6.07) is 1.80. The minimum Gasteiger partial charge on any atom is -0.343 e. The summed E-state index contributed by atoms with van der Waals surface area (Å²) in [5.74, 6) is -0.164. The van der Waals surface area contributed by atoms with Gasteiger partial charge in [-0.15, -0.1) is 0 Å². The molecule has 19 heavy (non-hydrogen) atoms. The lowest BCUT2D eigenvalue weighted by Gasteiger charge is -2.15. The van der Waals surface area contributed by atoms with E-state index in [0.717, 1.165) is 12.2 Å². The van der Waals surface area contributed by atoms with Crippen LogP contribution in [0.5, 0.6) is 0 Å². The number of hydrogen-bond donors (Lipinski definition) is 1. The van der Waals surface area contributed by atoms with Crippen molar-refractivity contribution >= 4 is 21.8 Å². The Labute approximate surface area is 119 Å². The smallest absolute Gasteiger partial charge is 0.271 e. The fourth-order valence-corrected chi connectivity index (χ4v) is 2.51. The molecule has 0 saturated carbocycles. The van der Waals surface area contributed by atoms with E-state index in [0.29, 0.717) is 10.2 Å². The van der Waals surface area contributed by atoms with Gasteiger partial charge in [0.1, 0.15) is 5.69 Å². The van der Waals surface area contributed by atoms with E-state index in [1.807, 2.05) is 24.6 Å². The molecule has 1 atom stereocenters. The summed E-state index contributed by atoms with van der Waals surface area (Å²) in [7, 11) is 1.74. The number of halogens is 1. The molecule has 0 aliphatic rings. The van der Waals surface area contributed by atoms with E-state index in [1.165, 1.54) is 0 Å². The Balaban J connectivity index is 2.16. The van der Waals surface area contributed by atoms with Gasteiger partial charge in [-0.2, -0.15) is 10.2 Å². The van der Waals surface area contributed by atoms with Gasteiger partial charge in [-0.05, 0) is 35.8 Å². The van der Waals surface area contributed by atoms with Crippen LogP contribution >= 0.6 is 15.9 Å². The molecule has 1 N–H and O–H groups in total. The molecule has 2 aromatic heterocycles. The van der Waals surface area contributed by atoms with Gasteiger partial charge in [-0.1, -0.05) is 0 Å². The predicted octanol–water partition coefficient (Wildman–Crippen LogP) is 1.89. The second kappa shape index (κ2) is 5.56. The summed E-state index contributed by atoms with van der Waals surface area (Å²) in [5.41, 5.74) is 1.49. The van der Waals surface area contributed by atoms with Crippen LogP contribution in [0.4, 0.5) is 0 Å². The molecule has 0 aromatic carbocycles. The second-order valence-electron chi connectivity index (χ2n) is 4.23. The standard InChI is InChI=1S/C12H16BrN5O/c1-4-18-10(5-6-14-18)8(2)16-12(19)11-9(13)7-15-17(11)3/h5-8H,4H2,1-3H3,(H,16,19). The normalized spacial score (nSPS) is 12.4. The van der Waals surface area contributed by atoms with Gasteiger partial charge in [0, 0.05) is 19.8 Å². The third-order valence-electron chi connectivity index (χ3n) is 2.95. The van der Waals surface area contributed by atoms with Crippen molar-refractivity contribution in [2.45, 2.75) is 26.4 Å². The van der Waals surface area contributed by atoms with Crippen molar-refractivity contribution in [3.05, 3.63) is 34.3 Å². The highest BCUT2D eigenvalue weighted by molar-refractivity contribution is 9.10. The number of nitrogens with zero attached hydrogens (tertiary/aromatic N) is 4. The fourth-order valence-electron chi connectivity index (χ4n) is 1.98. The lowest BCUT2D eigenvalue weighted by Crippen LogP contribution is -2.30. The third-order valence-corrected chi connectivity index (χ3v) is 3.53. The first-order valence-corrected chi connectivity index (χ1v) is 6.84. The first kappa shape index (κ1) is 13.8. The first-order chi connectivity index (χ1) is 9.04. The molecule has 0 bridgehead atoms. The number of amides is 1. The van der Waals surface area contributed by atoms with Crippen molar-refractivity contribution in [3.8, 4) is 0 Å². The maximum atomic E-state index is 12.2. The zero-order chi connectivity index (χ0) is 14.0. The topological polar surface area (TPSA) is 64.7 Å². The average Bonchev–Trinajstić information content (AvgIpc) is 2.95. The minimum atomic E-state index is -0.164. The Morgan fingerprint density at radius 2 is 2.26 bits per heavy atom. The van der Waals surface area contributed by atoms with Crippen molar-refractivity contribution in [1.29, 1.82) is 0 Å². The Bertz CT molecular complexity index is 569. The van der Waals surface area contributed by atoms with Gasteiger partial charge in [0.25, 0.3) is 5.91 Å². The zero-order valence-corrected chi connectivity index (χ0v) is 12.7. The molecular weight excluding hydrogens is 310 g/mol. The Hall–Kier alpha value is -1.63. The molecule has 0 fully saturated rings. The molecule has 1 unspecified atom stereocenters. The molecule has 6 nitrogen and oxygen atoms in total. The van der Waals surface area contributed by atoms with E-state index < -0.39 is 0 Å². The number of rotatable bonds is 4. The number of nitrogens with one attached hydrogen (secondary N) is 1. The van der Waals surface area contributed by atoms with Crippen molar-refractivity contribution in [1.82, 2.24) is 24.9 Å². The van der Waals surface area contributed by atoms with Crippen molar-refractivity contribution in [3.63, 3.8) is 0 Å². The first-order valence-electron chi connectivity index (χ1n) is 6.04. The zero-order valence-electron chi connectivity index (χ0n) is 11.1. The van der Waals surface area contributed by atoms with Crippen molar-refractivity contribution in [2.24, 2.45) is 7.05 Å². The molecule has 0 radical (unpaired) electrons. The van der Waals surface area contributed by atoms with Crippen LogP contribution in [-0.2, 0) is 13.6 Å². The molecule has 0 spiro atoms. The van der Waals surface area contributed by atoms with Gasteiger partial charge in [-0.3, -0.25) is 14.2 Å². The van der Waals surface area contributed by atoms with E-state index >= 15 is 0 Å². The SMILES string of the molecule is CCn1nccc1C(C)NC(=O)c1c(Br)cnn1C. The molecule has 0 aliphatic carbocycles. The number of carbonyl (C=O) groups is 1. The molecule has 102 valence electrons. The molecule has 1 amide bonds. The van der Waals surface area contributed by atoms with Gasteiger partial charge in [0.05, 0.1) is 22.4 Å². The van der Waals surface area contributed by atoms with Crippen LogP contribution in [0, 0.1) is 0 Å². The van der Waals surface area contributed by atoms with Gasteiger partial charge < -0.3 is 5.32 Å². The van der Waals surface area contributed by atoms with E-state index in [4.69, 9.17) is 0 Å². The summed E-state index contributed by atoms with van der Waals surface area (Å²) in [4.78, 5) is 12.2. The summed E-state index contributed by atoms with van der Waals surface area (Å²) < 4.78 is 4.09. The lowest BCUT2D eigenvalue weighted by atomic mass is 10.2. The predicted molar refractivity (Wildman–Crippen MR) is 74.7 cm³/mol. The van der Waals surface area contributed by atoms with Crippen LogP contribution < -0.4 is 5.32 Å². The van der Waals surface area contributed by atoms with Crippen molar-refractivity contribution in [2.75, 3.05) is 0 Å². The highest BCUT2D eigenvalue weighted by Crippen LogP contribution is 2.17. The molecule has 2 heterocycles. The van der Waals surface area contributed by atoms with E-state index in [9.17, 15) is 4.79 Å². The van der Waals surface area contributed by atoms with Crippen LogP contribution in [0.15, 0.2) is 22.9 Å². The number of aryl methyl sites for hydroxylation is 2. The quantitative estimate of drug-likeness (QED) is 0.933. The monoisotopic (exact) mass is 325 g/mol. The Kier molecular flexibility index (Phi) is 4.04. The molecular formula is C12H16BrN5O. The summed E-state index contributed by atoms with van der Waals surface area (Å²) in [6.45, 7) is 4.73. The highest BCUT2D eigenvalue weighted by atomic mass is 79.9.